The Hall–Kier alpha value is -2.07. The highest BCUT2D eigenvalue weighted by Gasteiger charge is 2.05. The van der Waals surface area contributed by atoms with Gasteiger partial charge in [-0.05, 0) is 42.8 Å². The first-order chi connectivity index (χ1) is 10.3. The average molecular weight is 298 g/mol. The SMILES string of the molecule is COc1ccc2c(c1)[nH]c(=S)n2CCCc1ccccc1. The van der Waals surface area contributed by atoms with Crippen molar-refractivity contribution in [1.29, 1.82) is 0 Å². The highest BCUT2D eigenvalue weighted by molar-refractivity contribution is 7.71. The lowest BCUT2D eigenvalue weighted by atomic mass is 10.1. The summed E-state index contributed by atoms with van der Waals surface area (Å²) in [6, 6.07) is 16.6. The Bertz CT molecular complexity index is 789. The van der Waals surface area contributed by atoms with Crippen molar-refractivity contribution in [2.75, 3.05) is 7.11 Å². The summed E-state index contributed by atoms with van der Waals surface area (Å²) in [4.78, 5) is 3.25. The predicted octanol–water partition coefficient (Wildman–Crippen LogP) is 4.34. The van der Waals surface area contributed by atoms with E-state index in [4.69, 9.17) is 17.0 Å². The van der Waals surface area contributed by atoms with Crippen molar-refractivity contribution in [1.82, 2.24) is 9.55 Å². The molecule has 0 aliphatic carbocycles. The maximum atomic E-state index is 5.43. The van der Waals surface area contributed by atoms with E-state index in [9.17, 15) is 0 Å². The van der Waals surface area contributed by atoms with Crippen LogP contribution in [0.15, 0.2) is 48.5 Å². The molecule has 0 fully saturated rings. The quantitative estimate of drug-likeness (QED) is 0.710. The van der Waals surface area contributed by atoms with Gasteiger partial charge in [-0.15, -0.1) is 0 Å². The second-order valence-electron chi connectivity index (χ2n) is 5.05. The molecule has 0 aliphatic rings. The first-order valence-corrected chi connectivity index (χ1v) is 7.49. The van der Waals surface area contributed by atoms with Crippen LogP contribution >= 0.6 is 12.2 Å². The van der Waals surface area contributed by atoms with Crippen LogP contribution in [-0.4, -0.2) is 16.7 Å². The molecule has 0 spiro atoms. The maximum Gasteiger partial charge on any atom is 0.178 e. The minimum Gasteiger partial charge on any atom is -0.497 e. The second-order valence-corrected chi connectivity index (χ2v) is 5.44. The van der Waals surface area contributed by atoms with Crippen molar-refractivity contribution >= 4 is 23.3 Å². The van der Waals surface area contributed by atoms with Crippen LogP contribution in [0.4, 0.5) is 0 Å². The van der Waals surface area contributed by atoms with Crippen LogP contribution in [0, 0.1) is 4.77 Å². The van der Waals surface area contributed by atoms with E-state index in [1.165, 1.54) is 5.56 Å². The number of nitrogens with zero attached hydrogens (tertiary/aromatic N) is 1. The molecule has 2 aromatic carbocycles. The Labute approximate surface area is 129 Å². The van der Waals surface area contributed by atoms with Gasteiger partial charge in [0.2, 0.25) is 0 Å². The highest BCUT2D eigenvalue weighted by atomic mass is 32.1. The number of hydrogen-bond acceptors (Lipinski definition) is 2. The molecule has 108 valence electrons. The van der Waals surface area contributed by atoms with Crippen molar-refractivity contribution in [3.05, 3.63) is 58.9 Å². The Kier molecular flexibility index (Phi) is 4.06. The first-order valence-electron chi connectivity index (χ1n) is 7.08. The zero-order valence-electron chi connectivity index (χ0n) is 12.0. The third-order valence-electron chi connectivity index (χ3n) is 3.67. The fourth-order valence-corrected chi connectivity index (χ4v) is 2.88. The van der Waals surface area contributed by atoms with Gasteiger partial charge in [-0.1, -0.05) is 30.3 Å². The summed E-state index contributed by atoms with van der Waals surface area (Å²) in [5, 5.41) is 0. The van der Waals surface area contributed by atoms with Crippen LogP contribution in [-0.2, 0) is 13.0 Å². The molecule has 0 amide bonds. The van der Waals surface area contributed by atoms with Crippen molar-refractivity contribution in [3.8, 4) is 5.75 Å². The van der Waals surface area contributed by atoms with Gasteiger partial charge >= 0.3 is 0 Å². The van der Waals surface area contributed by atoms with Crippen LogP contribution in [0.3, 0.4) is 0 Å². The second kappa shape index (κ2) is 6.14. The maximum absolute atomic E-state index is 5.43. The van der Waals surface area contributed by atoms with Gasteiger partial charge in [-0.25, -0.2) is 0 Å². The van der Waals surface area contributed by atoms with Gasteiger partial charge in [0.05, 0.1) is 18.1 Å². The summed E-state index contributed by atoms with van der Waals surface area (Å²) < 4.78 is 8.18. The molecule has 4 heteroatoms. The number of aromatic amines is 1. The molecule has 0 saturated carbocycles. The molecule has 3 aromatic rings. The van der Waals surface area contributed by atoms with E-state index >= 15 is 0 Å². The first kappa shape index (κ1) is 13.9. The average Bonchev–Trinajstić information content (AvgIpc) is 2.83. The molecular weight excluding hydrogens is 280 g/mol. The number of benzene rings is 2. The van der Waals surface area contributed by atoms with E-state index in [0.29, 0.717) is 0 Å². The molecule has 0 bridgehead atoms. The number of imidazole rings is 1. The fraction of sp³-hybridized carbons (Fsp3) is 0.235. The molecule has 21 heavy (non-hydrogen) atoms. The van der Waals surface area contributed by atoms with E-state index in [0.717, 1.165) is 40.9 Å². The standard InChI is InChI=1S/C17H18N2OS/c1-20-14-9-10-16-15(12-14)18-17(21)19(16)11-5-8-13-6-3-2-4-7-13/h2-4,6-7,9-10,12H,5,8,11H2,1H3,(H,18,21). The van der Waals surface area contributed by atoms with Crippen LogP contribution in [0.25, 0.3) is 11.0 Å². The smallest absolute Gasteiger partial charge is 0.178 e. The molecule has 1 heterocycles. The van der Waals surface area contributed by atoms with E-state index in [1.54, 1.807) is 7.11 Å². The molecule has 0 radical (unpaired) electrons. The summed E-state index contributed by atoms with van der Waals surface area (Å²) in [5.74, 6) is 0.843. The molecule has 0 atom stereocenters. The van der Waals surface area contributed by atoms with Gasteiger partial charge in [-0.2, -0.15) is 0 Å². The zero-order valence-corrected chi connectivity index (χ0v) is 12.8. The Morgan fingerprint density at radius 2 is 1.95 bits per heavy atom. The number of hydrogen-bond donors (Lipinski definition) is 1. The number of fused-ring (bicyclic) bond motifs is 1. The molecule has 3 nitrogen and oxygen atoms in total. The van der Waals surface area contributed by atoms with Gasteiger partial charge in [0.15, 0.2) is 4.77 Å². The number of ether oxygens (including phenoxy) is 1. The minimum absolute atomic E-state index is 0.770. The van der Waals surface area contributed by atoms with Gasteiger partial charge in [0.1, 0.15) is 5.75 Å². The summed E-state index contributed by atoms with van der Waals surface area (Å²) in [7, 11) is 1.67. The lowest BCUT2D eigenvalue weighted by Crippen LogP contribution is -1.99. The van der Waals surface area contributed by atoms with E-state index in [-0.39, 0.29) is 0 Å². The van der Waals surface area contributed by atoms with Crippen molar-refractivity contribution in [3.63, 3.8) is 0 Å². The molecule has 0 aliphatic heterocycles. The summed E-state index contributed by atoms with van der Waals surface area (Å²) >= 11 is 5.43. The summed E-state index contributed by atoms with van der Waals surface area (Å²) in [6.45, 7) is 0.917. The third kappa shape index (κ3) is 3.00. The predicted molar refractivity (Wildman–Crippen MR) is 88.4 cm³/mol. The number of nitrogens with one attached hydrogen (secondary N) is 1. The van der Waals surface area contributed by atoms with E-state index in [2.05, 4.69) is 39.9 Å². The van der Waals surface area contributed by atoms with Crippen molar-refractivity contribution in [2.24, 2.45) is 0 Å². The Balaban J connectivity index is 1.77. The Morgan fingerprint density at radius 3 is 2.71 bits per heavy atom. The van der Waals surface area contributed by atoms with Crippen LogP contribution in [0.2, 0.25) is 0 Å². The van der Waals surface area contributed by atoms with Crippen LogP contribution in [0.1, 0.15) is 12.0 Å². The van der Waals surface area contributed by atoms with Crippen LogP contribution in [0.5, 0.6) is 5.75 Å². The number of aryl methyl sites for hydroxylation is 2. The molecule has 0 saturated heterocycles. The minimum atomic E-state index is 0.770. The molecule has 1 N–H and O–H groups in total. The summed E-state index contributed by atoms with van der Waals surface area (Å²) in [6.07, 6.45) is 2.13. The molecule has 3 rings (SSSR count). The van der Waals surface area contributed by atoms with Gasteiger partial charge in [0, 0.05) is 12.6 Å². The number of rotatable bonds is 5. The van der Waals surface area contributed by atoms with Gasteiger partial charge in [-0.3, -0.25) is 0 Å². The normalized spacial score (nSPS) is 10.9. The molecule has 1 aromatic heterocycles. The lowest BCUT2D eigenvalue weighted by Gasteiger charge is -2.05. The van der Waals surface area contributed by atoms with Crippen molar-refractivity contribution < 1.29 is 4.74 Å². The number of aromatic nitrogens is 2. The monoisotopic (exact) mass is 298 g/mol. The Morgan fingerprint density at radius 1 is 1.14 bits per heavy atom. The summed E-state index contributed by atoms with van der Waals surface area (Å²) in [5.41, 5.74) is 3.53. The third-order valence-corrected chi connectivity index (χ3v) is 3.99. The van der Waals surface area contributed by atoms with Crippen molar-refractivity contribution in [2.45, 2.75) is 19.4 Å². The zero-order chi connectivity index (χ0) is 14.7. The van der Waals surface area contributed by atoms with Gasteiger partial charge in [0.25, 0.3) is 0 Å². The molecular formula is C17H18N2OS. The number of H-pyrrole nitrogens is 1. The highest BCUT2D eigenvalue weighted by Crippen LogP contribution is 2.21. The fourth-order valence-electron chi connectivity index (χ4n) is 2.58. The number of methoxy groups -OCH3 is 1. The van der Waals surface area contributed by atoms with E-state index < -0.39 is 0 Å². The van der Waals surface area contributed by atoms with Gasteiger partial charge < -0.3 is 14.3 Å². The van der Waals surface area contributed by atoms with Crippen LogP contribution < -0.4 is 4.74 Å². The lowest BCUT2D eigenvalue weighted by molar-refractivity contribution is 0.415. The largest absolute Gasteiger partial charge is 0.497 e. The molecule has 0 unspecified atom stereocenters. The topological polar surface area (TPSA) is 29.9 Å². The van der Waals surface area contributed by atoms with E-state index in [1.807, 2.05) is 18.2 Å².